The van der Waals surface area contributed by atoms with E-state index in [2.05, 4.69) is 17.3 Å². The fraction of sp³-hybridized carbons (Fsp3) is 0.533. The summed E-state index contributed by atoms with van der Waals surface area (Å²) in [7, 11) is 2.09. The Balaban J connectivity index is 1.82. The number of hydrogen-bond acceptors (Lipinski definition) is 3. The molecule has 0 radical (unpaired) electrons. The monoisotopic (exact) mass is 277 g/mol. The molecule has 3 rings (SSSR count). The average molecular weight is 277 g/mol. The zero-order valence-corrected chi connectivity index (χ0v) is 11.7. The summed E-state index contributed by atoms with van der Waals surface area (Å²) in [5.74, 6) is -0.110. The molecule has 20 heavy (non-hydrogen) atoms. The first kappa shape index (κ1) is 13.5. The molecule has 1 amide bonds. The van der Waals surface area contributed by atoms with Gasteiger partial charge in [-0.05, 0) is 44.1 Å². The van der Waals surface area contributed by atoms with Gasteiger partial charge in [-0.3, -0.25) is 10.1 Å². The molecule has 0 aromatic heterocycles. The lowest BCUT2D eigenvalue weighted by Crippen LogP contribution is -2.48. The summed E-state index contributed by atoms with van der Waals surface area (Å²) in [6.07, 6.45) is 2.02. The molecule has 1 aromatic rings. The Kier molecular flexibility index (Phi) is 3.72. The van der Waals surface area contributed by atoms with Crippen molar-refractivity contribution in [3.8, 4) is 0 Å². The first-order valence-electron chi connectivity index (χ1n) is 7.14. The molecule has 2 heterocycles. The minimum atomic E-state index is -0.248. The SMILES string of the molecule is CN1CCCC(N2C(=O)CNC2c2ccc(F)cc2)C1. The third-order valence-corrected chi connectivity index (χ3v) is 4.19. The predicted molar refractivity (Wildman–Crippen MR) is 74.5 cm³/mol. The van der Waals surface area contributed by atoms with E-state index in [1.807, 2.05) is 4.90 Å². The van der Waals surface area contributed by atoms with Gasteiger partial charge in [-0.2, -0.15) is 0 Å². The van der Waals surface area contributed by atoms with Crippen LogP contribution in [0.4, 0.5) is 4.39 Å². The highest BCUT2D eigenvalue weighted by Crippen LogP contribution is 2.28. The van der Waals surface area contributed by atoms with E-state index < -0.39 is 0 Å². The Bertz CT molecular complexity index is 490. The van der Waals surface area contributed by atoms with E-state index >= 15 is 0 Å². The Morgan fingerprint density at radius 3 is 2.75 bits per heavy atom. The van der Waals surface area contributed by atoms with Gasteiger partial charge in [0.1, 0.15) is 12.0 Å². The van der Waals surface area contributed by atoms with E-state index in [-0.39, 0.29) is 23.9 Å². The van der Waals surface area contributed by atoms with Crippen molar-refractivity contribution in [1.29, 1.82) is 0 Å². The Morgan fingerprint density at radius 2 is 2.05 bits per heavy atom. The zero-order chi connectivity index (χ0) is 14.1. The van der Waals surface area contributed by atoms with Crippen molar-refractivity contribution in [2.24, 2.45) is 0 Å². The van der Waals surface area contributed by atoms with E-state index in [0.717, 1.165) is 31.5 Å². The minimum absolute atomic E-state index is 0.125. The van der Waals surface area contributed by atoms with E-state index in [0.29, 0.717) is 6.54 Å². The summed E-state index contributed by atoms with van der Waals surface area (Å²) in [5.41, 5.74) is 0.950. The number of rotatable bonds is 2. The molecule has 108 valence electrons. The molecule has 2 saturated heterocycles. The first-order valence-corrected chi connectivity index (χ1v) is 7.14. The van der Waals surface area contributed by atoms with Gasteiger partial charge >= 0.3 is 0 Å². The Labute approximate surface area is 118 Å². The van der Waals surface area contributed by atoms with Crippen LogP contribution < -0.4 is 5.32 Å². The van der Waals surface area contributed by atoms with Gasteiger partial charge in [0.2, 0.25) is 5.91 Å². The van der Waals surface area contributed by atoms with Gasteiger partial charge in [-0.1, -0.05) is 12.1 Å². The van der Waals surface area contributed by atoms with E-state index in [1.54, 1.807) is 12.1 Å². The van der Waals surface area contributed by atoms with Crippen molar-refractivity contribution in [1.82, 2.24) is 15.1 Å². The standard InChI is InChI=1S/C15H20FN3O/c1-18-8-2-3-13(10-18)19-14(20)9-17-15(19)11-4-6-12(16)7-5-11/h4-7,13,15,17H,2-3,8-10H2,1H3. The first-order chi connectivity index (χ1) is 9.65. The van der Waals surface area contributed by atoms with Crippen LogP contribution in [0.1, 0.15) is 24.6 Å². The highest BCUT2D eigenvalue weighted by atomic mass is 19.1. The lowest BCUT2D eigenvalue weighted by atomic mass is 10.0. The number of likely N-dealkylation sites (N-methyl/N-ethyl adjacent to an activating group) is 1. The van der Waals surface area contributed by atoms with Crippen LogP contribution in [0.3, 0.4) is 0 Å². The third-order valence-electron chi connectivity index (χ3n) is 4.19. The number of nitrogens with one attached hydrogen (secondary N) is 1. The molecule has 5 heteroatoms. The van der Waals surface area contributed by atoms with Crippen LogP contribution in [-0.4, -0.2) is 48.4 Å². The number of carbonyl (C=O) groups is 1. The summed E-state index contributed by atoms with van der Waals surface area (Å²) >= 11 is 0. The van der Waals surface area contributed by atoms with Crippen molar-refractivity contribution in [3.05, 3.63) is 35.6 Å². The molecule has 0 bridgehead atoms. The predicted octanol–water partition coefficient (Wildman–Crippen LogP) is 1.35. The highest BCUT2D eigenvalue weighted by molar-refractivity contribution is 5.81. The zero-order valence-electron chi connectivity index (χ0n) is 11.7. The third kappa shape index (κ3) is 2.55. The second kappa shape index (κ2) is 5.50. The van der Waals surface area contributed by atoms with Crippen LogP contribution in [0.2, 0.25) is 0 Å². The number of hydrogen-bond donors (Lipinski definition) is 1. The smallest absolute Gasteiger partial charge is 0.238 e. The molecule has 2 atom stereocenters. The van der Waals surface area contributed by atoms with Crippen molar-refractivity contribution in [3.63, 3.8) is 0 Å². The van der Waals surface area contributed by atoms with Crippen LogP contribution in [0, 0.1) is 5.82 Å². The fourth-order valence-electron chi connectivity index (χ4n) is 3.22. The van der Waals surface area contributed by atoms with Crippen LogP contribution in [0.15, 0.2) is 24.3 Å². The number of halogens is 1. The maximum absolute atomic E-state index is 13.0. The molecule has 0 spiro atoms. The maximum atomic E-state index is 13.0. The molecule has 1 N–H and O–H groups in total. The van der Waals surface area contributed by atoms with Crippen molar-refractivity contribution in [2.75, 3.05) is 26.7 Å². The van der Waals surface area contributed by atoms with Crippen molar-refractivity contribution >= 4 is 5.91 Å². The highest BCUT2D eigenvalue weighted by Gasteiger charge is 2.37. The van der Waals surface area contributed by atoms with Gasteiger partial charge in [0.05, 0.1) is 6.54 Å². The summed E-state index contributed by atoms with van der Waals surface area (Å²) in [5, 5.41) is 3.24. The summed E-state index contributed by atoms with van der Waals surface area (Å²) in [6.45, 7) is 2.36. The average Bonchev–Trinajstić information content (AvgIpc) is 2.81. The topological polar surface area (TPSA) is 35.6 Å². The molecule has 4 nitrogen and oxygen atoms in total. The Hall–Kier alpha value is -1.46. The lowest BCUT2D eigenvalue weighted by Gasteiger charge is -2.38. The fourth-order valence-corrected chi connectivity index (χ4v) is 3.22. The number of amides is 1. The molecule has 0 saturated carbocycles. The van der Waals surface area contributed by atoms with Gasteiger partial charge < -0.3 is 9.80 Å². The Morgan fingerprint density at radius 1 is 1.30 bits per heavy atom. The number of piperidine rings is 1. The van der Waals surface area contributed by atoms with Gasteiger partial charge in [0, 0.05) is 12.6 Å². The van der Waals surface area contributed by atoms with Crippen molar-refractivity contribution in [2.45, 2.75) is 25.0 Å². The largest absolute Gasteiger partial charge is 0.318 e. The van der Waals surface area contributed by atoms with Crippen LogP contribution in [-0.2, 0) is 4.79 Å². The molecule has 1 aromatic carbocycles. The number of carbonyl (C=O) groups excluding carboxylic acids is 1. The van der Waals surface area contributed by atoms with Crippen LogP contribution in [0.5, 0.6) is 0 Å². The molecular formula is C15H20FN3O. The van der Waals surface area contributed by atoms with Gasteiger partial charge in [0.15, 0.2) is 0 Å². The summed E-state index contributed by atoms with van der Waals surface area (Å²) in [6, 6.07) is 6.65. The van der Waals surface area contributed by atoms with E-state index in [9.17, 15) is 9.18 Å². The molecular weight excluding hydrogens is 257 g/mol. The molecule has 0 aliphatic carbocycles. The maximum Gasteiger partial charge on any atom is 0.238 e. The van der Waals surface area contributed by atoms with Crippen LogP contribution >= 0.6 is 0 Å². The quantitative estimate of drug-likeness (QED) is 0.886. The normalized spacial score (nSPS) is 28.1. The molecule has 2 aliphatic heterocycles. The summed E-state index contributed by atoms with van der Waals surface area (Å²) < 4.78 is 13.0. The van der Waals surface area contributed by atoms with Crippen LogP contribution in [0.25, 0.3) is 0 Å². The molecule has 2 fully saturated rings. The lowest BCUT2D eigenvalue weighted by molar-refractivity contribution is -0.131. The van der Waals surface area contributed by atoms with E-state index in [1.165, 1.54) is 12.1 Å². The second-order valence-corrected chi connectivity index (χ2v) is 5.69. The molecule has 2 unspecified atom stereocenters. The summed E-state index contributed by atoms with van der Waals surface area (Å²) in [4.78, 5) is 16.4. The number of nitrogens with zero attached hydrogens (tertiary/aromatic N) is 2. The number of benzene rings is 1. The number of likely N-dealkylation sites (tertiary alicyclic amines) is 1. The van der Waals surface area contributed by atoms with Crippen molar-refractivity contribution < 1.29 is 9.18 Å². The second-order valence-electron chi connectivity index (χ2n) is 5.69. The molecule has 2 aliphatic rings. The van der Waals surface area contributed by atoms with Gasteiger partial charge in [-0.15, -0.1) is 0 Å². The minimum Gasteiger partial charge on any atom is -0.318 e. The van der Waals surface area contributed by atoms with Gasteiger partial charge in [0.25, 0.3) is 0 Å². The van der Waals surface area contributed by atoms with E-state index in [4.69, 9.17) is 0 Å². The van der Waals surface area contributed by atoms with Gasteiger partial charge in [-0.25, -0.2) is 4.39 Å².